The summed E-state index contributed by atoms with van der Waals surface area (Å²) in [6.45, 7) is 4.55. The van der Waals surface area contributed by atoms with E-state index in [1.807, 2.05) is 12.1 Å². The van der Waals surface area contributed by atoms with Crippen LogP contribution in [0.15, 0.2) is 47.5 Å². The Morgan fingerprint density at radius 2 is 2.00 bits per heavy atom. The number of hydrogen-bond donors (Lipinski definition) is 3. The number of aromatic hydroxyl groups is 1. The Morgan fingerprint density at radius 3 is 2.70 bits per heavy atom. The van der Waals surface area contributed by atoms with Crippen LogP contribution < -0.4 is 15.8 Å². The Kier molecular flexibility index (Phi) is 5.46. The van der Waals surface area contributed by atoms with Crippen LogP contribution in [0.3, 0.4) is 0 Å². The van der Waals surface area contributed by atoms with Crippen LogP contribution in [0.25, 0.3) is 0 Å². The van der Waals surface area contributed by atoms with Gasteiger partial charge in [0.25, 0.3) is 0 Å². The number of phenols is 1. The summed E-state index contributed by atoms with van der Waals surface area (Å²) in [5, 5.41) is 13.1. The van der Waals surface area contributed by atoms with E-state index in [1.165, 1.54) is 12.7 Å². The second-order valence-electron chi connectivity index (χ2n) is 5.57. The molecule has 0 aromatic heterocycles. The van der Waals surface area contributed by atoms with Gasteiger partial charge in [0.15, 0.2) is 17.5 Å². The van der Waals surface area contributed by atoms with Crippen molar-refractivity contribution in [3.63, 3.8) is 0 Å². The lowest BCUT2D eigenvalue weighted by molar-refractivity contribution is 0.370. The van der Waals surface area contributed by atoms with Crippen LogP contribution in [0.1, 0.15) is 30.9 Å². The highest BCUT2D eigenvalue weighted by Gasteiger charge is 2.07. The number of rotatable bonds is 5. The minimum absolute atomic E-state index is 0.0911. The summed E-state index contributed by atoms with van der Waals surface area (Å²) in [5.74, 6) is 1.26. The predicted molar refractivity (Wildman–Crippen MR) is 94.1 cm³/mol. The fourth-order valence-corrected chi connectivity index (χ4v) is 2.19. The number of phenolic OH excluding ortho intramolecular Hbond substituents is 1. The number of hydrogen-bond acceptors (Lipinski definition) is 3. The van der Waals surface area contributed by atoms with Gasteiger partial charge in [-0.3, -0.25) is 0 Å². The molecule has 0 unspecified atom stereocenters. The molecule has 2 rings (SSSR count). The molecule has 0 aliphatic heterocycles. The van der Waals surface area contributed by atoms with E-state index >= 15 is 0 Å². The molecule has 0 aliphatic rings. The van der Waals surface area contributed by atoms with E-state index in [4.69, 9.17) is 10.5 Å². The van der Waals surface area contributed by atoms with Gasteiger partial charge in [-0.2, -0.15) is 0 Å². The van der Waals surface area contributed by atoms with E-state index in [0.29, 0.717) is 23.2 Å². The second-order valence-corrected chi connectivity index (χ2v) is 5.57. The maximum atomic E-state index is 10.0. The van der Waals surface area contributed by atoms with Crippen molar-refractivity contribution >= 4 is 11.6 Å². The third-order valence-corrected chi connectivity index (χ3v) is 3.55. The van der Waals surface area contributed by atoms with Gasteiger partial charge in [0.1, 0.15) is 0 Å². The van der Waals surface area contributed by atoms with Gasteiger partial charge >= 0.3 is 0 Å². The average Bonchev–Trinajstić information content (AvgIpc) is 2.54. The summed E-state index contributed by atoms with van der Waals surface area (Å²) in [5.41, 5.74) is 8.71. The van der Waals surface area contributed by atoms with Crippen molar-refractivity contribution in [2.24, 2.45) is 10.7 Å². The highest BCUT2D eigenvalue weighted by Crippen LogP contribution is 2.29. The first kappa shape index (κ1) is 16.7. The van der Waals surface area contributed by atoms with E-state index in [0.717, 1.165) is 5.69 Å². The van der Waals surface area contributed by atoms with Crippen molar-refractivity contribution in [3.8, 4) is 11.5 Å². The number of anilines is 1. The van der Waals surface area contributed by atoms with Gasteiger partial charge in [-0.25, -0.2) is 4.99 Å². The van der Waals surface area contributed by atoms with E-state index in [9.17, 15) is 5.11 Å². The Morgan fingerprint density at radius 1 is 1.26 bits per heavy atom. The molecular weight excluding hydrogens is 290 g/mol. The summed E-state index contributed by atoms with van der Waals surface area (Å²) in [4.78, 5) is 4.27. The topological polar surface area (TPSA) is 79.9 Å². The zero-order chi connectivity index (χ0) is 16.8. The van der Waals surface area contributed by atoms with Gasteiger partial charge in [0.05, 0.1) is 13.7 Å². The van der Waals surface area contributed by atoms with Crippen molar-refractivity contribution in [2.75, 3.05) is 12.4 Å². The third-order valence-electron chi connectivity index (χ3n) is 3.55. The Hall–Kier alpha value is -2.69. The molecule has 23 heavy (non-hydrogen) atoms. The summed E-state index contributed by atoms with van der Waals surface area (Å²) >= 11 is 0. The van der Waals surface area contributed by atoms with Crippen LogP contribution >= 0.6 is 0 Å². The number of nitrogens with zero attached hydrogens (tertiary/aromatic N) is 1. The lowest BCUT2D eigenvalue weighted by atomic mass is 10.0. The van der Waals surface area contributed by atoms with Crippen molar-refractivity contribution in [2.45, 2.75) is 26.3 Å². The first-order valence-electron chi connectivity index (χ1n) is 7.53. The molecule has 5 heteroatoms. The van der Waals surface area contributed by atoms with E-state index in [-0.39, 0.29) is 12.3 Å². The predicted octanol–water partition coefficient (Wildman–Crippen LogP) is 3.45. The SMILES string of the molecule is COc1cccc(CN=C(N)Nc2cccc(C(C)C)c2)c1O. The fourth-order valence-electron chi connectivity index (χ4n) is 2.19. The highest BCUT2D eigenvalue weighted by atomic mass is 16.5. The van der Waals surface area contributed by atoms with Crippen molar-refractivity contribution < 1.29 is 9.84 Å². The summed E-state index contributed by atoms with van der Waals surface area (Å²) in [7, 11) is 1.51. The van der Waals surface area contributed by atoms with Crippen molar-refractivity contribution in [3.05, 3.63) is 53.6 Å². The maximum Gasteiger partial charge on any atom is 0.193 e. The van der Waals surface area contributed by atoms with E-state index in [1.54, 1.807) is 18.2 Å². The molecule has 5 nitrogen and oxygen atoms in total. The van der Waals surface area contributed by atoms with Crippen LogP contribution in [0, 0.1) is 0 Å². The molecule has 0 saturated carbocycles. The molecule has 0 aliphatic carbocycles. The van der Waals surface area contributed by atoms with Crippen LogP contribution in [0.4, 0.5) is 5.69 Å². The third kappa shape index (κ3) is 4.39. The first-order valence-corrected chi connectivity index (χ1v) is 7.53. The van der Waals surface area contributed by atoms with Crippen LogP contribution in [-0.4, -0.2) is 18.2 Å². The number of para-hydroxylation sites is 1. The number of ether oxygens (including phenoxy) is 1. The van der Waals surface area contributed by atoms with Crippen LogP contribution in [-0.2, 0) is 6.54 Å². The minimum Gasteiger partial charge on any atom is -0.504 e. The maximum absolute atomic E-state index is 10.0. The lowest BCUT2D eigenvalue weighted by Gasteiger charge is -2.10. The monoisotopic (exact) mass is 313 g/mol. The Labute approximate surface area is 136 Å². The molecule has 0 heterocycles. The number of methoxy groups -OCH3 is 1. The second kappa shape index (κ2) is 7.54. The van der Waals surface area contributed by atoms with Crippen LogP contribution in [0.2, 0.25) is 0 Å². The highest BCUT2D eigenvalue weighted by molar-refractivity contribution is 5.92. The van der Waals surface area contributed by atoms with Crippen molar-refractivity contribution in [1.29, 1.82) is 0 Å². The molecule has 0 atom stereocenters. The van der Waals surface area contributed by atoms with Gasteiger partial charge in [0, 0.05) is 11.3 Å². The van der Waals surface area contributed by atoms with E-state index in [2.05, 4.69) is 36.3 Å². The smallest absolute Gasteiger partial charge is 0.193 e. The molecule has 4 N–H and O–H groups in total. The van der Waals surface area contributed by atoms with E-state index < -0.39 is 0 Å². The Balaban J connectivity index is 2.08. The number of nitrogens with two attached hydrogens (primary N) is 1. The molecule has 0 spiro atoms. The number of benzene rings is 2. The first-order chi connectivity index (χ1) is 11.0. The van der Waals surface area contributed by atoms with Crippen LogP contribution in [0.5, 0.6) is 11.5 Å². The number of nitrogens with one attached hydrogen (secondary N) is 1. The summed E-state index contributed by atoms with van der Waals surface area (Å²) in [6.07, 6.45) is 0. The number of guanidine groups is 1. The molecule has 0 bridgehead atoms. The van der Waals surface area contributed by atoms with Gasteiger partial charge < -0.3 is 20.9 Å². The quantitative estimate of drug-likeness (QED) is 0.583. The molecule has 0 amide bonds. The Bertz CT molecular complexity index is 696. The average molecular weight is 313 g/mol. The lowest BCUT2D eigenvalue weighted by Crippen LogP contribution is -2.22. The number of aliphatic imine (C=N–C) groups is 1. The summed E-state index contributed by atoms with van der Waals surface area (Å²) < 4.78 is 5.08. The molecule has 2 aromatic carbocycles. The molecule has 0 radical (unpaired) electrons. The van der Waals surface area contributed by atoms with Gasteiger partial charge in [-0.05, 0) is 29.7 Å². The van der Waals surface area contributed by atoms with Gasteiger partial charge in [-0.15, -0.1) is 0 Å². The van der Waals surface area contributed by atoms with Crippen molar-refractivity contribution in [1.82, 2.24) is 0 Å². The zero-order valence-corrected chi connectivity index (χ0v) is 13.7. The minimum atomic E-state index is 0.0911. The molecule has 2 aromatic rings. The van der Waals surface area contributed by atoms with Gasteiger partial charge in [-0.1, -0.05) is 38.1 Å². The zero-order valence-electron chi connectivity index (χ0n) is 13.7. The molecule has 0 fully saturated rings. The van der Waals surface area contributed by atoms with Gasteiger partial charge in [0.2, 0.25) is 0 Å². The fraction of sp³-hybridized carbons (Fsp3) is 0.278. The molecule has 122 valence electrons. The largest absolute Gasteiger partial charge is 0.504 e. The standard InChI is InChI=1S/C18H23N3O2/c1-12(2)13-6-4-8-15(10-13)21-18(19)20-11-14-7-5-9-16(23-3)17(14)22/h4-10,12,22H,11H2,1-3H3,(H3,19,20,21). The molecular formula is C18H23N3O2. The molecule has 0 saturated heterocycles. The normalized spacial score (nSPS) is 11.6. The summed E-state index contributed by atoms with van der Waals surface area (Å²) in [6, 6.07) is 13.3.